The Balaban J connectivity index is 4.47. The number of esters is 2. The molecule has 0 aromatic heterocycles. The van der Waals surface area contributed by atoms with Crippen molar-refractivity contribution in [2.45, 2.75) is 180 Å². The van der Waals surface area contributed by atoms with E-state index in [9.17, 15) is 23.8 Å². The fourth-order valence-corrected chi connectivity index (χ4v) is 6.23. The number of hydrogen-bond acceptors (Lipinski definition) is 9. The molecule has 332 valence electrons. The maximum Gasteiger partial charge on any atom is 0.472 e. The van der Waals surface area contributed by atoms with Crippen LogP contribution < -0.4 is 5.73 Å². The van der Waals surface area contributed by atoms with Crippen LogP contribution in [0.15, 0.2) is 72.9 Å². The Kier molecular flexibility index (Phi) is 38.5. The first-order chi connectivity index (χ1) is 28.1. The van der Waals surface area contributed by atoms with E-state index >= 15 is 0 Å². The average Bonchev–Trinajstić information content (AvgIpc) is 3.20. The van der Waals surface area contributed by atoms with E-state index in [1.807, 2.05) is 0 Å². The molecule has 0 saturated heterocycles. The molecule has 11 nitrogen and oxygen atoms in total. The Morgan fingerprint density at radius 2 is 0.966 bits per heavy atom. The number of ether oxygens (including phenoxy) is 2. The average molecular weight is 836 g/mol. The summed E-state index contributed by atoms with van der Waals surface area (Å²) in [5, 5.41) is 8.89. The summed E-state index contributed by atoms with van der Waals surface area (Å²) < 4.78 is 32.7. The Hall–Kier alpha value is -3.08. The maximum atomic E-state index is 12.6. The number of carboxylic acids is 1. The van der Waals surface area contributed by atoms with Crippen LogP contribution in [0.5, 0.6) is 0 Å². The second-order valence-electron chi connectivity index (χ2n) is 14.5. The number of phosphoric ester groups is 1. The fraction of sp³-hybridized carbons (Fsp3) is 0.674. The lowest BCUT2D eigenvalue weighted by molar-refractivity contribution is -0.161. The van der Waals surface area contributed by atoms with Crippen molar-refractivity contribution < 1.29 is 47.5 Å². The van der Waals surface area contributed by atoms with Crippen molar-refractivity contribution in [2.75, 3.05) is 19.8 Å². The molecular formula is C46H78NO10P. The molecule has 0 spiro atoms. The number of unbranched alkanes of at least 4 members (excludes halogenated alkanes) is 15. The van der Waals surface area contributed by atoms with Crippen molar-refractivity contribution >= 4 is 25.7 Å². The molecule has 0 amide bonds. The van der Waals surface area contributed by atoms with Gasteiger partial charge in [-0.2, -0.15) is 0 Å². The Labute approximate surface area is 350 Å². The molecule has 0 aliphatic rings. The number of allylic oxidation sites excluding steroid dienone is 12. The highest BCUT2D eigenvalue weighted by Gasteiger charge is 2.28. The predicted molar refractivity (Wildman–Crippen MR) is 235 cm³/mol. The van der Waals surface area contributed by atoms with Gasteiger partial charge in [0.2, 0.25) is 0 Å². The first kappa shape index (κ1) is 54.9. The highest BCUT2D eigenvalue weighted by atomic mass is 31.2. The highest BCUT2D eigenvalue weighted by Crippen LogP contribution is 2.43. The molecule has 0 heterocycles. The second-order valence-corrected chi connectivity index (χ2v) is 16.0. The lowest BCUT2D eigenvalue weighted by atomic mass is 10.1. The van der Waals surface area contributed by atoms with Crippen LogP contribution in [0.4, 0.5) is 0 Å². The van der Waals surface area contributed by atoms with Gasteiger partial charge in [0.25, 0.3) is 0 Å². The van der Waals surface area contributed by atoms with Gasteiger partial charge in [-0.3, -0.25) is 23.4 Å². The number of hydrogen-bond donors (Lipinski definition) is 3. The summed E-state index contributed by atoms with van der Waals surface area (Å²) >= 11 is 0. The van der Waals surface area contributed by atoms with Crippen LogP contribution in [0.25, 0.3) is 0 Å². The Bertz CT molecular complexity index is 1260. The first-order valence-electron chi connectivity index (χ1n) is 22.0. The molecule has 12 heteroatoms. The minimum atomic E-state index is -4.73. The molecule has 0 bridgehead atoms. The molecule has 0 rings (SSSR count). The van der Waals surface area contributed by atoms with Crippen molar-refractivity contribution in [1.29, 1.82) is 0 Å². The van der Waals surface area contributed by atoms with Gasteiger partial charge in [0.15, 0.2) is 6.10 Å². The van der Waals surface area contributed by atoms with Gasteiger partial charge in [-0.15, -0.1) is 0 Å². The number of carbonyl (C=O) groups excluding carboxylic acids is 2. The van der Waals surface area contributed by atoms with Crippen LogP contribution in [-0.4, -0.2) is 59.9 Å². The van der Waals surface area contributed by atoms with Gasteiger partial charge in [-0.05, 0) is 83.5 Å². The number of nitrogens with two attached hydrogens (primary N) is 1. The van der Waals surface area contributed by atoms with Gasteiger partial charge in [0.05, 0.1) is 13.2 Å². The smallest absolute Gasteiger partial charge is 0.472 e. The zero-order valence-corrected chi connectivity index (χ0v) is 36.8. The SMILES string of the molecule is CCCCC/C=C/C/C=C/C/C=C/C/C=C/CCCCCC(=O)O[C@H](COC(=O)CCCCCCC/C=C/C=C/CCCCCC)COP(=O)(O)OC[C@H](N)C(=O)O. The van der Waals surface area contributed by atoms with Gasteiger partial charge in [-0.1, -0.05) is 145 Å². The summed E-state index contributed by atoms with van der Waals surface area (Å²) in [5.74, 6) is -2.45. The van der Waals surface area contributed by atoms with Crippen LogP contribution >= 0.6 is 7.82 Å². The van der Waals surface area contributed by atoms with Gasteiger partial charge >= 0.3 is 25.7 Å². The second kappa shape index (κ2) is 40.7. The first-order valence-corrected chi connectivity index (χ1v) is 23.5. The van der Waals surface area contributed by atoms with Crippen molar-refractivity contribution in [1.82, 2.24) is 0 Å². The predicted octanol–water partition coefficient (Wildman–Crippen LogP) is 11.7. The van der Waals surface area contributed by atoms with Crippen LogP contribution in [0, 0.1) is 0 Å². The molecule has 1 unspecified atom stereocenters. The summed E-state index contributed by atoms with van der Waals surface area (Å²) in [6.45, 7) is 2.69. The third kappa shape index (κ3) is 39.7. The minimum absolute atomic E-state index is 0.117. The lowest BCUT2D eigenvalue weighted by Gasteiger charge is -2.20. The van der Waals surface area contributed by atoms with Gasteiger partial charge in [-0.25, -0.2) is 4.57 Å². The molecule has 0 radical (unpaired) electrons. The zero-order valence-electron chi connectivity index (χ0n) is 35.9. The third-order valence-electron chi connectivity index (χ3n) is 8.95. The number of carbonyl (C=O) groups is 3. The van der Waals surface area contributed by atoms with E-state index in [1.54, 1.807) is 0 Å². The molecule has 0 saturated carbocycles. The van der Waals surface area contributed by atoms with Crippen LogP contribution in [0.2, 0.25) is 0 Å². The summed E-state index contributed by atoms with van der Waals surface area (Å²) in [6.07, 6.45) is 48.2. The highest BCUT2D eigenvalue weighted by molar-refractivity contribution is 7.47. The Morgan fingerprint density at radius 3 is 1.52 bits per heavy atom. The van der Waals surface area contributed by atoms with Crippen LogP contribution in [0.1, 0.15) is 168 Å². The van der Waals surface area contributed by atoms with E-state index in [2.05, 4.69) is 91.3 Å². The summed E-state index contributed by atoms with van der Waals surface area (Å²) in [6, 6.07) is -1.53. The van der Waals surface area contributed by atoms with E-state index < -0.39 is 51.1 Å². The molecule has 0 aromatic rings. The van der Waals surface area contributed by atoms with Crippen molar-refractivity contribution in [3.63, 3.8) is 0 Å². The maximum absolute atomic E-state index is 12.6. The molecule has 3 atom stereocenters. The quantitative estimate of drug-likeness (QED) is 0.0176. The zero-order chi connectivity index (χ0) is 42.8. The van der Waals surface area contributed by atoms with Gasteiger partial charge in [0.1, 0.15) is 12.6 Å². The molecule has 0 aromatic carbocycles. The fourth-order valence-electron chi connectivity index (χ4n) is 5.45. The van der Waals surface area contributed by atoms with Gasteiger partial charge < -0.3 is 25.2 Å². The summed E-state index contributed by atoms with van der Waals surface area (Å²) in [4.78, 5) is 46.0. The lowest BCUT2D eigenvalue weighted by Crippen LogP contribution is -2.34. The monoisotopic (exact) mass is 836 g/mol. The van der Waals surface area contributed by atoms with E-state index in [4.69, 9.17) is 24.8 Å². The van der Waals surface area contributed by atoms with E-state index in [0.29, 0.717) is 12.8 Å². The summed E-state index contributed by atoms with van der Waals surface area (Å²) in [5.41, 5.74) is 5.33. The standard InChI is InChI=1S/C46H78NO10P/c1-3-5-7-9-11-13-15-17-19-20-21-22-24-26-28-30-32-34-36-38-45(49)57-42(40-55-58(52,53)56-41-43(47)46(50)51)39-54-44(48)37-35-33-31-29-27-25-23-18-16-14-12-10-8-6-4-2/h11,13-14,16-19,21-23,26,28,42-43H,3-10,12,15,20,24-25,27,29-41,47H2,1-2H3,(H,50,51)(H,52,53)/b13-11+,16-14+,19-17+,22-21+,23-18+,28-26+/t42-,43+/m1/s1. The normalized spacial score (nSPS) is 14.4. The van der Waals surface area contributed by atoms with Crippen molar-refractivity contribution in [3.8, 4) is 0 Å². The molecule has 58 heavy (non-hydrogen) atoms. The van der Waals surface area contributed by atoms with Crippen LogP contribution in [-0.2, 0) is 37.5 Å². The molecule has 0 aliphatic heterocycles. The van der Waals surface area contributed by atoms with Gasteiger partial charge in [0, 0.05) is 12.8 Å². The van der Waals surface area contributed by atoms with Crippen LogP contribution in [0.3, 0.4) is 0 Å². The molecular weight excluding hydrogens is 757 g/mol. The van der Waals surface area contributed by atoms with Crippen molar-refractivity contribution in [3.05, 3.63) is 72.9 Å². The Morgan fingerprint density at radius 1 is 0.552 bits per heavy atom. The van der Waals surface area contributed by atoms with E-state index in [1.165, 1.54) is 51.4 Å². The molecule has 4 N–H and O–H groups in total. The number of phosphoric acid groups is 1. The number of carboxylic acid groups (broad SMARTS) is 1. The third-order valence-corrected chi connectivity index (χ3v) is 9.91. The number of rotatable bonds is 40. The summed E-state index contributed by atoms with van der Waals surface area (Å²) in [7, 11) is -4.73. The van der Waals surface area contributed by atoms with E-state index in [0.717, 1.165) is 77.0 Å². The number of aliphatic carboxylic acids is 1. The topological polar surface area (TPSA) is 172 Å². The largest absolute Gasteiger partial charge is 0.480 e. The van der Waals surface area contributed by atoms with E-state index in [-0.39, 0.29) is 19.4 Å². The molecule has 0 aliphatic carbocycles. The minimum Gasteiger partial charge on any atom is -0.480 e. The van der Waals surface area contributed by atoms with Crippen molar-refractivity contribution in [2.24, 2.45) is 5.73 Å². The molecule has 0 fully saturated rings.